The van der Waals surface area contributed by atoms with Crippen LogP contribution in [0.4, 0.5) is 0 Å². The molecule has 2 amide bonds. The van der Waals surface area contributed by atoms with Crippen molar-refractivity contribution in [3.05, 3.63) is 65.2 Å². The minimum absolute atomic E-state index is 0.102. The minimum Gasteiger partial charge on any atom is -0.508 e. The maximum Gasteiger partial charge on any atom is 0.255 e. The molecule has 1 aliphatic rings. The summed E-state index contributed by atoms with van der Waals surface area (Å²) in [6.45, 7) is 2.37. The molecule has 4 N–H and O–H groups in total. The highest BCUT2D eigenvalue weighted by atomic mass is 16.3. The molecule has 0 aliphatic carbocycles. The third-order valence-electron chi connectivity index (χ3n) is 4.73. The van der Waals surface area contributed by atoms with Gasteiger partial charge in [0.05, 0.1) is 6.04 Å². The lowest BCUT2D eigenvalue weighted by molar-refractivity contribution is -0.153. The van der Waals surface area contributed by atoms with Gasteiger partial charge in [0.15, 0.2) is 12.2 Å². The Kier molecular flexibility index (Phi) is 5.43. The van der Waals surface area contributed by atoms with Crippen LogP contribution >= 0.6 is 0 Å². The van der Waals surface area contributed by atoms with E-state index in [1.807, 2.05) is 24.3 Å². The average molecular weight is 370 g/mol. The molecule has 3 atom stereocenters. The zero-order valence-electron chi connectivity index (χ0n) is 14.9. The van der Waals surface area contributed by atoms with Gasteiger partial charge in [-0.15, -0.1) is 0 Å². The Morgan fingerprint density at radius 1 is 0.963 bits per heavy atom. The monoisotopic (exact) mass is 370 g/mol. The van der Waals surface area contributed by atoms with E-state index in [-0.39, 0.29) is 5.75 Å². The molecule has 0 bridgehead atoms. The number of nitrogens with one attached hydrogen (secondary N) is 1. The normalized spacial score (nSPS) is 16.3. The second-order valence-corrected chi connectivity index (χ2v) is 6.67. The summed E-state index contributed by atoms with van der Waals surface area (Å²) in [7, 11) is 0. The number of phenolic OH excluding ortho intramolecular Hbond substituents is 1. The number of rotatable bonds is 5. The molecule has 0 spiro atoms. The van der Waals surface area contributed by atoms with Gasteiger partial charge in [0.1, 0.15) is 5.75 Å². The van der Waals surface area contributed by atoms with Gasteiger partial charge in [-0.05, 0) is 35.7 Å². The largest absolute Gasteiger partial charge is 0.508 e. The van der Waals surface area contributed by atoms with E-state index in [0.717, 1.165) is 11.1 Å². The van der Waals surface area contributed by atoms with E-state index in [4.69, 9.17) is 0 Å². The fraction of sp³-hybridized carbons (Fsp3) is 0.300. The van der Waals surface area contributed by atoms with Gasteiger partial charge >= 0.3 is 0 Å². The fourth-order valence-corrected chi connectivity index (χ4v) is 3.10. The first-order valence-corrected chi connectivity index (χ1v) is 8.68. The van der Waals surface area contributed by atoms with Gasteiger partial charge in [-0.2, -0.15) is 0 Å². The SMILES string of the molecule is CC(NC(=O)C(O)C(O)C(=O)N1Cc2ccccc2C1)c1ccc(O)cc1. The summed E-state index contributed by atoms with van der Waals surface area (Å²) in [6.07, 6.45) is -3.72. The zero-order valence-corrected chi connectivity index (χ0v) is 14.9. The predicted molar refractivity (Wildman–Crippen MR) is 97.4 cm³/mol. The van der Waals surface area contributed by atoms with Crippen molar-refractivity contribution in [1.29, 1.82) is 0 Å². The first-order chi connectivity index (χ1) is 12.9. The highest BCUT2D eigenvalue weighted by molar-refractivity contribution is 5.91. The molecule has 0 saturated heterocycles. The highest BCUT2D eigenvalue weighted by Gasteiger charge is 2.35. The molecule has 1 aliphatic heterocycles. The Bertz CT molecular complexity index is 812. The van der Waals surface area contributed by atoms with Crippen LogP contribution in [0, 0.1) is 0 Å². The second kappa shape index (κ2) is 7.77. The van der Waals surface area contributed by atoms with Gasteiger partial charge in [0, 0.05) is 13.1 Å². The lowest BCUT2D eigenvalue weighted by Gasteiger charge is -2.24. The topological polar surface area (TPSA) is 110 Å². The van der Waals surface area contributed by atoms with Crippen LogP contribution in [-0.2, 0) is 22.7 Å². The third kappa shape index (κ3) is 4.10. The molecule has 3 unspecified atom stereocenters. The zero-order chi connectivity index (χ0) is 19.6. The molecule has 7 heteroatoms. The molecule has 7 nitrogen and oxygen atoms in total. The summed E-state index contributed by atoms with van der Waals surface area (Å²) in [6, 6.07) is 13.3. The molecule has 2 aromatic carbocycles. The molecule has 0 aromatic heterocycles. The molecular weight excluding hydrogens is 348 g/mol. The second-order valence-electron chi connectivity index (χ2n) is 6.67. The van der Waals surface area contributed by atoms with Crippen molar-refractivity contribution in [2.75, 3.05) is 0 Å². The van der Waals surface area contributed by atoms with Gasteiger partial charge in [0.25, 0.3) is 11.8 Å². The Morgan fingerprint density at radius 3 is 2.07 bits per heavy atom. The van der Waals surface area contributed by atoms with E-state index in [0.29, 0.717) is 18.7 Å². The van der Waals surface area contributed by atoms with Gasteiger partial charge < -0.3 is 25.5 Å². The van der Waals surface area contributed by atoms with Gasteiger partial charge in [-0.3, -0.25) is 9.59 Å². The van der Waals surface area contributed by atoms with E-state index in [1.54, 1.807) is 19.1 Å². The summed E-state index contributed by atoms with van der Waals surface area (Å²) in [5.41, 5.74) is 2.68. The number of hydrogen-bond donors (Lipinski definition) is 4. The molecule has 2 aromatic rings. The number of phenols is 1. The molecule has 142 valence electrons. The van der Waals surface area contributed by atoms with Crippen molar-refractivity contribution >= 4 is 11.8 Å². The summed E-state index contributed by atoms with van der Waals surface area (Å²) < 4.78 is 0. The maximum absolute atomic E-state index is 12.5. The molecular formula is C20H22N2O5. The average Bonchev–Trinajstić information content (AvgIpc) is 3.10. The van der Waals surface area contributed by atoms with Gasteiger partial charge in [-0.1, -0.05) is 36.4 Å². The summed E-state index contributed by atoms with van der Waals surface area (Å²) in [4.78, 5) is 26.1. The van der Waals surface area contributed by atoms with Crippen molar-refractivity contribution in [3.63, 3.8) is 0 Å². The van der Waals surface area contributed by atoms with Crippen molar-refractivity contribution in [1.82, 2.24) is 10.2 Å². The van der Waals surface area contributed by atoms with Crippen molar-refractivity contribution in [3.8, 4) is 5.75 Å². The minimum atomic E-state index is -1.87. The Hall–Kier alpha value is -2.90. The molecule has 0 radical (unpaired) electrons. The highest BCUT2D eigenvalue weighted by Crippen LogP contribution is 2.23. The lowest BCUT2D eigenvalue weighted by atomic mass is 10.1. The van der Waals surface area contributed by atoms with Crippen LogP contribution in [0.1, 0.15) is 29.7 Å². The van der Waals surface area contributed by atoms with Crippen LogP contribution in [0.25, 0.3) is 0 Å². The first-order valence-electron chi connectivity index (χ1n) is 8.68. The van der Waals surface area contributed by atoms with Crippen LogP contribution in [-0.4, -0.2) is 44.2 Å². The number of carbonyl (C=O) groups excluding carboxylic acids is 2. The summed E-state index contributed by atoms with van der Waals surface area (Å²) >= 11 is 0. The van der Waals surface area contributed by atoms with Crippen LogP contribution in [0.5, 0.6) is 5.75 Å². The number of aromatic hydroxyl groups is 1. The Balaban J connectivity index is 1.59. The van der Waals surface area contributed by atoms with Crippen molar-refractivity contribution in [2.45, 2.75) is 38.3 Å². The van der Waals surface area contributed by atoms with E-state index in [9.17, 15) is 24.9 Å². The summed E-state index contributed by atoms with van der Waals surface area (Å²) in [5, 5.41) is 32.2. The third-order valence-corrected chi connectivity index (χ3v) is 4.73. The van der Waals surface area contributed by atoms with E-state index in [2.05, 4.69) is 5.32 Å². The van der Waals surface area contributed by atoms with Crippen LogP contribution < -0.4 is 5.32 Å². The Labute approximate surface area is 156 Å². The number of aliphatic hydroxyl groups is 2. The van der Waals surface area contributed by atoms with E-state index < -0.39 is 30.1 Å². The number of hydrogen-bond acceptors (Lipinski definition) is 5. The van der Waals surface area contributed by atoms with Crippen LogP contribution in [0.15, 0.2) is 48.5 Å². The maximum atomic E-state index is 12.5. The molecule has 0 saturated carbocycles. The number of aliphatic hydroxyl groups excluding tert-OH is 2. The van der Waals surface area contributed by atoms with E-state index >= 15 is 0 Å². The first kappa shape index (κ1) is 18.9. The fourth-order valence-electron chi connectivity index (χ4n) is 3.10. The van der Waals surface area contributed by atoms with Crippen LogP contribution in [0.3, 0.4) is 0 Å². The van der Waals surface area contributed by atoms with Gasteiger partial charge in [-0.25, -0.2) is 0 Å². The predicted octanol–water partition coefficient (Wildman–Crippen LogP) is 0.834. The number of carbonyl (C=O) groups is 2. The lowest BCUT2D eigenvalue weighted by Crippen LogP contribution is -2.50. The van der Waals surface area contributed by atoms with Crippen LogP contribution in [0.2, 0.25) is 0 Å². The van der Waals surface area contributed by atoms with Crippen molar-refractivity contribution < 1.29 is 24.9 Å². The Morgan fingerprint density at radius 2 is 1.52 bits per heavy atom. The molecule has 0 fully saturated rings. The summed E-state index contributed by atoms with van der Waals surface area (Å²) in [5.74, 6) is -1.43. The van der Waals surface area contributed by atoms with Crippen molar-refractivity contribution in [2.24, 2.45) is 0 Å². The molecule has 1 heterocycles. The molecule has 27 heavy (non-hydrogen) atoms. The smallest absolute Gasteiger partial charge is 0.255 e. The van der Waals surface area contributed by atoms with E-state index in [1.165, 1.54) is 17.0 Å². The molecule has 3 rings (SSSR count). The number of amides is 2. The standard InChI is InChI=1S/C20H22N2O5/c1-12(13-6-8-16(23)9-7-13)21-19(26)17(24)18(25)20(27)22-10-14-4-2-3-5-15(14)11-22/h2-9,12,17-18,23-25H,10-11H2,1H3,(H,21,26). The quantitative estimate of drug-likeness (QED) is 0.623. The number of fused-ring (bicyclic) bond motifs is 1. The van der Waals surface area contributed by atoms with Gasteiger partial charge in [0.2, 0.25) is 0 Å². The number of benzene rings is 2. The number of nitrogens with zero attached hydrogens (tertiary/aromatic N) is 1.